The van der Waals surface area contributed by atoms with E-state index in [1.165, 1.54) is 12.1 Å². The summed E-state index contributed by atoms with van der Waals surface area (Å²) < 4.78 is 13.0. The number of allylic oxidation sites excluding steroid dienone is 1. The van der Waals surface area contributed by atoms with Gasteiger partial charge in [0.05, 0.1) is 0 Å². The highest BCUT2D eigenvalue weighted by Gasteiger charge is 2.04. The fraction of sp³-hybridized carbons (Fsp3) is 0.0833. The first kappa shape index (κ1) is 9.72. The van der Waals surface area contributed by atoms with Crippen LogP contribution in [0.4, 0.5) is 4.39 Å². The minimum Gasteiger partial charge on any atom is -0.207 e. The molecule has 1 radical (unpaired) electrons. The Balaban J connectivity index is 3.14. The molecule has 1 rings (SSSR count). The summed E-state index contributed by atoms with van der Waals surface area (Å²) in [5.74, 6) is 0.719. The van der Waals surface area contributed by atoms with Crippen LogP contribution in [-0.4, -0.2) is 0 Å². The van der Waals surface area contributed by atoms with Crippen molar-refractivity contribution in [1.29, 1.82) is 0 Å². The molecule has 0 N–H and O–H groups in total. The van der Waals surface area contributed by atoms with E-state index in [4.69, 9.17) is 0 Å². The van der Waals surface area contributed by atoms with Crippen LogP contribution in [0.1, 0.15) is 18.1 Å². The summed E-state index contributed by atoms with van der Waals surface area (Å²) in [6.45, 7) is 9.13. The fourth-order valence-corrected chi connectivity index (χ4v) is 1.08. The van der Waals surface area contributed by atoms with Crippen LogP contribution in [0.2, 0.25) is 0 Å². The van der Waals surface area contributed by atoms with Gasteiger partial charge < -0.3 is 0 Å². The van der Waals surface area contributed by atoms with Gasteiger partial charge in [0, 0.05) is 5.92 Å². The largest absolute Gasteiger partial charge is 0.207 e. The molecule has 1 aromatic rings. The third kappa shape index (κ3) is 2.28. The van der Waals surface area contributed by atoms with Crippen molar-refractivity contribution >= 4 is 6.08 Å². The molecule has 0 amide bonds. The Morgan fingerprint density at radius 1 is 1.31 bits per heavy atom. The Morgan fingerprint density at radius 3 is 2.54 bits per heavy atom. The molecule has 13 heavy (non-hydrogen) atoms. The Kier molecular flexibility index (Phi) is 3.02. The van der Waals surface area contributed by atoms with Gasteiger partial charge in [-0.15, -0.1) is 6.58 Å². The molecule has 0 heterocycles. The van der Waals surface area contributed by atoms with E-state index in [-0.39, 0.29) is 5.82 Å². The monoisotopic (exact) mass is 175 g/mol. The molecule has 0 aliphatic rings. The molecule has 0 aliphatic carbocycles. The average Bonchev–Trinajstić information content (AvgIpc) is 2.15. The quantitative estimate of drug-likeness (QED) is 0.658. The summed E-state index contributed by atoms with van der Waals surface area (Å²) in [4.78, 5) is 0. The second-order valence-electron chi connectivity index (χ2n) is 2.86. The van der Waals surface area contributed by atoms with E-state index in [1.54, 1.807) is 12.2 Å². The van der Waals surface area contributed by atoms with Gasteiger partial charge in [0.15, 0.2) is 0 Å². The molecule has 0 bridgehead atoms. The molecule has 1 heteroatoms. The van der Waals surface area contributed by atoms with E-state index in [2.05, 4.69) is 13.2 Å². The third-order valence-corrected chi connectivity index (χ3v) is 1.92. The minimum atomic E-state index is -0.242. The van der Waals surface area contributed by atoms with Gasteiger partial charge in [-0.05, 0) is 23.3 Å². The van der Waals surface area contributed by atoms with Gasteiger partial charge in [-0.3, -0.25) is 0 Å². The van der Waals surface area contributed by atoms with Crippen LogP contribution < -0.4 is 0 Å². The smallest absolute Gasteiger partial charge is 0.124 e. The van der Waals surface area contributed by atoms with Crippen LogP contribution in [0.15, 0.2) is 37.4 Å². The highest BCUT2D eigenvalue weighted by Crippen LogP contribution is 2.18. The van der Waals surface area contributed by atoms with E-state index in [0.29, 0.717) is 0 Å². The van der Waals surface area contributed by atoms with Gasteiger partial charge in [-0.2, -0.15) is 0 Å². The normalized spacial score (nSPS) is 10.1. The van der Waals surface area contributed by atoms with Crippen molar-refractivity contribution in [2.45, 2.75) is 6.92 Å². The summed E-state index contributed by atoms with van der Waals surface area (Å²) in [7, 11) is 0. The van der Waals surface area contributed by atoms with Crippen LogP contribution in [-0.2, 0) is 0 Å². The molecule has 0 spiro atoms. The molecule has 0 saturated heterocycles. The topological polar surface area (TPSA) is 0 Å². The Hall–Kier alpha value is -1.37. The predicted molar refractivity (Wildman–Crippen MR) is 54.7 cm³/mol. The predicted octanol–water partition coefficient (Wildman–Crippen LogP) is 3.60. The average molecular weight is 175 g/mol. The van der Waals surface area contributed by atoms with E-state index in [1.807, 2.05) is 13.0 Å². The second-order valence-corrected chi connectivity index (χ2v) is 2.86. The lowest BCUT2D eigenvalue weighted by atomic mass is 9.99. The summed E-state index contributed by atoms with van der Waals surface area (Å²) in [6, 6.07) is 4.82. The minimum absolute atomic E-state index is 0.242. The standard InChI is InChI=1S/C12H12F/c1-4-9(3)11-6-10(5-2)7-12(13)8-11/h4-8H,1-2H2,3H3. The van der Waals surface area contributed by atoms with Gasteiger partial charge in [0.2, 0.25) is 0 Å². The zero-order valence-corrected chi connectivity index (χ0v) is 7.68. The maximum atomic E-state index is 13.0. The third-order valence-electron chi connectivity index (χ3n) is 1.92. The van der Waals surface area contributed by atoms with Crippen molar-refractivity contribution in [1.82, 2.24) is 0 Å². The van der Waals surface area contributed by atoms with Crippen LogP contribution in [0.5, 0.6) is 0 Å². The highest BCUT2D eigenvalue weighted by molar-refractivity contribution is 5.51. The zero-order chi connectivity index (χ0) is 9.84. The van der Waals surface area contributed by atoms with Crippen molar-refractivity contribution < 1.29 is 4.39 Å². The molecule has 0 unspecified atom stereocenters. The Bertz CT molecular complexity index is 326. The van der Waals surface area contributed by atoms with Crippen molar-refractivity contribution in [2.24, 2.45) is 0 Å². The van der Waals surface area contributed by atoms with Crippen LogP contribution in [0.25, 0.3) is 6.08 Å². The molecule has 0 atom stereocenters. The van der Waals surface area contributed by atoms with Crippen LogP contribution in [0, 0.1) is 11.7 Å². The maximum Gasteiger partial charge on any atom is 0.124 e. The second kappa shape index (κ2) is 4.04. The zero-order valence-electron chi connectivity index (χ0n) is 7.68. The molecule has 1 aromatic carbocycles. The fourth-order valence-electron chi connectivity index (χ4n) is 1.08. The first-order chi connectivity index (χ1) is 6.17. The van der Waals surface area contributed by atoms with Gasteiger partial charge in [-0.25, -0.2) is 4.39 Å². The molecular weight excluding hydrogens is 163 g/mol. The highest BCUT2D eigenvalue weighted by atomic mass is 19.1. The van der Waals surface area contributed by atoms with Gasteiger partial charge in [0.25, 0.3) is 0 Å². The van der Waals surface area contributed by atoms with Crippen LogP contribution in [0.3, 0.4) is 0 Å². The first-order valence-corrected chi connectivity index (χ1v) is 4.06. The Morgan fingerprint density at radius 2 is 2.00 bits per heavy atom. The number of halogens is 1. The van der Waals surface area contributed by atoms with Crippen molar-refractivity contribution in [3.63, 3.8) is 0 Å². The lowest BCUT2D eigenvalue weighted by Crippen LogP contribution is -1.92. The number of hydrogen-bond donors (Lipinski definition) is 0. The molecule has 0 saturated carbocycles. The van der Waals surface area contributed by atoms with Crippen molar-refractivity contribution in [3.8, 4) is 0 Å². The van der Waals surface area contributed by atoms with E-state index in [9.17, 15) is 4.39 Å². The lowest BCUT2D eigenvalue weighted by Gasteiger charge is -2.06. The SMILES string of the molecule is C=C[C](C)c1cc(F)cc(C=C)c1. The molecule has 67 valence electrons. The molecule has 0 aromatic heterocycles. The van der Waals surface area contributed by atoms with Gasteiger partial charge in [-0.1, -0.05) is 31.7 Å². The van der Waals surface area contributed by atoms with Gasteiger partial charge in [0.1, 0.15) is 5.82 Å². The van der Waals surface area contributed by atoms with E-state index in [0.717, 1.165) is 17.0 Å². The van der Waals surface area contributed by atoms with Crippen LogP contribution >= 0.6 is 0 Å². The maximum absolute atomic E-state index is 13.0. The van der Waals surface area contributed by atoms with Crippen molar-refractivity contribution in [2.75, 3.05) is 0 Å². The lowest BCUT2D eigenvalue weighted by molar-refractivity contribution is 0.626. The van der Waals surface area contributed by atoms with Crippen molar-refractivity contribution in [3.05, 3.63) is 60.3 Å². The molecule has 0 aliphatic heterocycles. The van der Waals surface area contributed by atoms with Gasteiger partial charge >= 0.3 is 0 Å². The number of rotatable bonds is 3. The summed E-state index contributed by atoms with van der Waals surface area (Å²) >= 11 is 0. The summed E-state index contributed by atoms with van der Waals surface area (Å²) in [5, 5.41) is 0. The molecular formula is C12H12F. The first-order valence-electron chi connectivity index (χ1n) is 4.06. The summed E-state index contributed by atoms with van der Waals surface area (Å²) in [6.07, 6.45) is 3.34. The molecule has 0 fully saturated rings. The number of hydrogen-bond acceptors (Lipinski definition) is 0. The Labute approximate surface area is 78.4 Å². The van der Waals surface area contributed by atoms with E-state index >= 15 is 0 Å². The molecule has 0 nitrogen and oxygen atoms in total. The van der Waals surface area contributed by atoms with E-state index < -0.39 is 0 Å². The summed E-state index contributed by atoms with van der Waals surface area (Å²) in [5.41, 5.74) is 1.64. The number of benzene rings is 1.